The highest BCUT2D eigenvalue weighted by atomic mass is 35.5. The van der Waals surface area contributed by atoms with E-state index in [9.17, 15) is 22.4 Å². The van der Waals surface area contributed by atoms with E-state index in [-0.39, 0.29) is 22.8 Å². The number of esters is 1. The van der Waals surface area contributed by atoms with Crippen molar-refractivity contribution in [1.29, 1.82) is 0 Å². The first-order valence-corrected chi connectivity index (χ1v) is 7.79. The van der Waals surface area contributed by atoms with Crippen LogP contribution in [-0.2, 0) is 18.0 Å². The molecule has 0 fully saturated rings. The third-order valence-corrected chi connectivity index (χ3v) is 3.90. The van der Waals surface area contributed by atoms with Crippen molar-refractivity contribution < 1.29 is 27.1 Å². The van der Waals surface area contributed by atoms with Crippen LogP contribution in [0.4, 0.5) is 17.6 Å². The van der Waals surface area contributed by atoms with E-state index < -0.39 is 34.4 Å². The van der Waals surface area contributed by atoms with E-state index in [2.05, 4.69) is 5.10 Å². The molecule has 0 spiro atoms. The number of hydrogen-bond donors (Lipinski definition) is 0. The normalized spacial score (nSPS) is 11.7. The number of aryl methyl sites for hydroxylation is 1. The zero-order chi connectivity index (χ0) is 18.9. The standard InChI is InChI=1S/C15H12Cl2F4N2O2/c1-3-4-25-14(24)7-5-8(10(18)6-9(7)16)12-11(17)13(15(19,20)21)23(2)22-12/h5-6H,3-4H2,1-2H3. The highest BCUT2D eigenvalue weighted by molar-refractivity contribution is 6.34. The van der Waals surface area contributed by atoms with E-state index >= 15 is 0 Å². The molecule has 1 aromatic heterocycles. The van der Waals surface area contributed by atoms with Crippen LogP contribution in [0.2, 0.25) is 10.0 Å². The fraction of sp³-hybridized carbons (Fsp3) is 0.333. The fourth-order valence-electron chi connectivity index (χ4n) is 2.14. The summed E-state index contributed by atoms with van der Waals surface area (Å²) in [7, 11) is 1.03. The number of alkyl halides is 3. The molecule has 0 saturated heterocycles. The van der Waals surface area contributed by atoms with Crippen LogP contribution in [0.1, 0.15) is 29.4 Å². The minimum atomic E-state index is -4.77. The summed E-state index contributed by atoms with van der Waals surface area (Å²) in [6, 6.07) is 1.78. The zero-order valence-electron chi connectivity index (χ0n) is 13.0. The molecule has 0 amide bonds. The lowest BCUT2D eigenvalue weighted by atomic mass is 10.1. The molecule has 0 aliphatic carbocycles. The number of carbonyl (C=O) groups excluding carboxylic acids is 1. The molecule has 0 aliphatic heterocycles. The maximum Gasteiger partial charge on any atom is 0.434 e. The molecule has 0 bridgehead atoms. The number of nitrogens with zero attached hydrogens (tertiary/aromatic N) is 2. The van der Waals surface area contributed by atoms with E-state index in [1.54, 1.807) is 6.92 Å². The number of benzene rings is 1. The first-order chi connectivity index (χ1) is 11.6. The Hall–Kier alpha value is -1.80. The van der Waals surface area contributed by atoms with Crippen LogP contribution < -0.4 is 0 Å². The molecule has 10 heteroatoms. The van der Waals surface area contributed by atoms with Crippen LogP contribution >= 0.6 is 23.2 Å². The van der Waals surface area contributed by atoms with Crippen LogP contribution in [0, 0.1) is 5.82 Å². The Labute approximate surface area is 150 Å². The molecule has 0 aliphatic rings. The highest BCUT2D eigenvalue weighted by Gasteiger charge is 2.39. The zero-order valence-corrected chi connectivity index (χ0v) is 14.6. The Morgan fingerprint density at radius 1 is 1.32 bits per heavy atom. The molecule has 2 aromatic rings. The lowest BCUT2D eigenvalue weighted by Gasteiger charge is -2.08. The molecule has 1 aromatic carbocycles. The summed E-state index contributed by atoms with van der Waals surface area (Å²) in [6.45, 7) is 1.89. The number of halogens is 6. The number of hydrogen-bond acceptors (Lipinski definition) is 3. The highest BCUT2D eigenvalue weighted by Crippen LogP contribution is 2.40. The largest absolute Gasteiger partial charge is 0.462 e. The van der Waals surface area contributed by atoms with Crippen molar-refractivity contribution in [1.82, 2.24) is 9.78 Å². The molecule has 0 saturated carbocycles. The fourth-order valence-corrected chi connectivity index (χ4v) is 2.73. The number of ether oxygens (including phenoxy) is 1. The van der Waals surface area contributed by atoms with Gasteiger partial charge in [-0.2, -0.15) is 18.3 Å². The van der Waals surface area contributed by atoms with Crippen LogP contribution in [0.25, 0.3) is 11.3 Å². The molecule has 4 nitrogen and oxygen atoms in total. The van der Waals surface area contributed by atoms with Gasteiger partial charge in [0.15, 0.2) is 5.69 Å². The predicted molar refractivity (Wildman–Crippen MR) is 84.2 cm³/mol. The Morgan fingerprint density at radius 3 is 2.48 bits per heavy atom. The summed E-state index contributed by atoms with van der Waals surface area (Å²) < 4.78 is 58.7. The Balaban J connectivity index is 2.59. The van der Waals surface area contributed by atoms with Crippen molar-refractivity contribution in [3.63, 3.8) is 0 Å². The van der Waals surface area contributed by atoms with E-state index in [0.29, 0.717) is 11.1 Å². The lowest BCUT2D eigenvalue weighted by Crippen LogP contribution is -2.12. The van der Waals surface area contributed by atoms with E-state index in [1.807, 2.05) is 0 Å². The van der Waals surface area contributed by atoms with Crippen molar-refractivity contribution in [3.8, 4) is 11.3 Å². The number of carbonyl (C=O) groups is 1. The maximum absolute atomic E-state index is 14.2. The second kappa shape index (κ2) is 7.21. The second-order valence-electron chi connectivity index (χ2n) is 5.08. The average Bonchev–Trinajstić information content (AvgIpc) is 2.79. The SMILES string of the molecule is CCCOC(=O)c1cc(-c2nn(C)c(C(F)(F)F)c2Cl)c(F)cc1Cl. The van der Waals surface area contributed by atoms with Crippen LogP contribution in [0.3, 0.4) is 0 Å². The molecule has 0 unspecified atom stereocenters. The minimum Gasteiger partial charge on any atom is -0.462 e. The summed E-state index contributed by atoms with van der Waals surface area (Å²) in [5, 5.41) is 2.62. The second-order valence-corrected chi connectivity index (χ2v) is 5.87. The average molecular weight is 399 g/mol. The van der Waals surface area contributed by atoms with E-state index in [1.165, 1.54) is 0 Å². The predicted octanol–water partition coefficient (Wildman–Crippen LogP) is 5.12. The van der Waals surface area contributed by atoms with Crippen molar-refractivity contribution >= 4 is 29.2 Å². The van der Waals surface area contributed by atoms with Gasteiger partial charge >= 0.3 is 12.1 Å². The van der Waals surface area contributed by atoms with Gasteiger partial charge in [0, 0.05) is 12.6 Å². The monoisotopic (exact) mass is 398 g/mol. The lowest BCUT2D eigenvalue weighted by molar-refractivity contribution is -0.143. The Morgan fingerprint density at radius 2 is 1.96 bits per heavy atom. The van der Waals surface area contributed by atoms with Crippen molar-refractivity contribution in [2.24, 2.45) is 7.05 Å². The molecule has 1 heterocycles. The van der Waals surface area contributed by atoms with E-state index in [0.717, 1.165) is 19.2 Å². The number of rotatable bonds is 4. The third kappa shape index (κ3) is 3.90. The summed E-state index contributed by atoms with van der Waals surface area (Å²) in [5.74, 6) is -1.79. The van der Waals surface area contributed by atoms with Gasteiger partial charge in [0.25, 0.3) is 0 Å². The van der Waals surface area contributed by atoms with Crippen molar-refractivity contribution in [3.05, 3.63) is 39.3 Å². The van der Waals surface area contributed by atoms with Gasteiger partial charge in [-0.15, -0.1) is 0 Å². The van der Waals surface area contributed by atoms with Crippen LogP contribution in [0.5, 0.6) is 0 Å². The topological polar surface area (TPSA) is 44.1 Å². The maximum atomic E-state index is 14.2. The third-order valence-electron chi connectivity index (χ3n) is 3.23. The molecule has 2 rings (SSSR count). The number of aromatic nitrogens is 2. The Kier molecular flexibility index (Phi) is 5.63. The quantitative estimate of drug-likeness (QED) is 0.530. The molecule has 0 atom stereocenters. The van der Waals surface area contributed by atoms with Crippen molar-refractivity contribution in [2.45, 2.75) is 19.5 Å². The van der Waals surface area contributed by atoms with Gasteiger partial charge in [-0.3, -0.25) is 4.68 Å². The van der Waals surface area contributed by atoms with Crippen LogP contribution in [-0.4, -0.2) is 22.4 Å². The van der Waals surface area contributed by atoms with Gasteiger partial charge in [-0.1, -0.05) is 30.1 Å². The van der Waals surface area contributed by atoms with Crippen molar-refractivity contribution in [2.75, 3.05) is 6.61 Å². The molecular weight excluding hydrogens is 387 g/mol. The van der Waals surface area contributed by atoms with Crippen LogP contribution in [0.15, 0.2) is 12.1 Å². The molecular formula is C15H12Cl2F4N2O2. The summed E-state index contributed by atoms with van der Waals surface area (Å²) >= 11 is 11.6. The molecule has 0 N–H and O–H groups in total. The smallest absolute Gasteiger partial charge is 0.434 e. The van der Waals surface area contributed by atoms with Gasteiger partial charge in [0.2, 0.25) is 0 Å². The first kappa shape index (κ1) is 19.5. The van der Waals surface area contributed by atoms with E-state index in [4.69, 9.17) is 27.9 Å². The van der Waals surface area contributed by atoms with Gasteiger partial charge in [0.05, 0.1) is 22.2 Å². The summed E-state index contributed by atoms with van der Waals surface area (Å²) in [6.07, 6.45) is -4.22. The molecule has 136 valence electrons. The Bertz CT molecular complexity index is 819. The van der Waals surface area contributed by atoms with Gasteiger partial charge < -0.3 is 4.74 Å². The van der Waals surface area contributed by atoms with Gasteiger partial charge in [-0.25, -0.2) is 9.18 Å². The summed E-state index contributed by atoms with van der Waals surface area (Å²) in [5.41, 5.74) is -2.26. The minimum absolute atomic E-state index is 0.116. The van der Waals surface area contributed by atoms with Gasteiger partial charge in [0.1, 0.15) is 11.5 Å². The summed E-state index contributed by atoms with van der Waals surface area (Å²) in [4.78, 5) is 12.0. The first-order valence-electron chi connectivity index (χ1n) is 7.04. The molecule has 0 radical (unpaired) electrons. The molecule has 25 heavy (non-hydrogen) atoms. The van der Waals surface area contributed by atoms with Gasteiger partial charge in [-0.05, 0) is 18.6 Å².